The third kappa shape index (κ3) is 3.35. The van der Waals surface area contributed by atoms with Crippen molar-refractivity contribution in [2.45, 2.75) is 26.3 Å². The molecule has 0 fully saturated rings. The highest BCUT2D eigenvalue weighted by atomic mass is 32.1. The Hall–Kier alpha value is -2.87. The number of carbonyl (C=O) groups excluding carboxylic acids is 1. The lowest BCUT2D eigenvalue weighted by atomic mass is 10.2. The molecule has 0 unspecified atom stereocenters. The van der Waals surface area contributed by atoms with Crippen LogP contribution in [0.15, 0.2) is 29.1 Å². The molecular weight excluding hydrogens is 380 g/mol. The van der Waals surface area contributed by atoms with Crippen molar-refractivity contribution < 1.29 is 19.0 Å². The summed E-state index contributed by atoms with van der Waals surface area (Å²) in [6.07, 6.45) is 1.73. The number of fused-ring (bicyclic) bond motifs is 2. The molecule has 1 aliphatic heterocycles. The predicted molar refractivity (Wildman–Crippen MR) is 106 cm³/mol. The highest BCUT2D eigenvalue weighted by molar-refractivity contribution is 7.20. The van der Waals surface area contributed by atoms with E-state index in [2.05, 4.69) is 4.98 Å². The largest absolute Gasteiger partial charge is 0.497 e. The van der Waals surface area contributed by atoms with Gasteiger partial charge in [0.2, 0.25) is 0 Å². The molecule has 0 atom stereocenters. The molecule has 7 nitrogen and oxygen atoms in total. The molecule has 0 amide bonds. The molecule has 146 valence electrons. The van der Waals surface area contributed by atoms with Crippen LogP contribution in [-0.4, -0.2) is 35.8 Å². The fourth-order valence-electron chi connectivity index (χ4n) is 3.30. The summed E-state index contributed by atoms with van der Waals surface area (Å²) in [5, 5.41) is 0.525. The Morgan fingerprint density at radius 1 is 1.21 bits per heavy atom. The standard InChI is InChI=1S/C20H20N2O5S/c1-12-16-18(21-15-4-3-9-22(15)19(16)23)28-17(12)20(24)27-11-10-26-14-7-5-13(25-2)6-8-14/h5-8H,3-4,9-11H2,1-2H3. The summed E-state index contributed by atoms with van der Waals surface area (Å²) in [5.74, 6) is 1.76. The third-order valence-electron chi connectivity index (χ3n) is 4.74. The summed E-state index contributed by atoms with van der Waals surface area (Å²) >= 11 is 1.22. The van der Waals surface area contributed by atoms with Gasteiger partial charge in [0.25, 0.3) is 5.56 Å². The predicted octanol–water partition coefficient (Wildman–Crippen LogP) is 2.96. The Morgan fingerprint density at radius 3 is 2.71 bits per heavy atom. The second kappa shape index (κ2) is 7.63. The number of esters is 1. The van der Waals surface area contributed by atoms with E-state index in [1.165, 1.54) is 11.3 Å². The molecule has 4 rings (SSSR count). The van der Waals surface area contributed by atoms with Crippen LogP contribution >= 0.6 is 11.3 Å². The van der Waals surface area contributed by atoms with E-state index in [1.807, 2.05) is 0 Å². The van der Waals surface area contributed by atoms with Crippen molar-refractivity contribution in [1.82, 2.24) is 9.55 Å². The minimum atomic E-state index is -0.455. The first-order chi connectivity index (χ1) is 13.6. The smallest absolute Gasteiger partial charge is 0.348 e. The van der Waals surface area contributed by atoms with Crippen LogP contribution in [0.2, 0.25) is 0 Å². The number of aromatic nitrogens is 2. The fourth-order valence-corrected chi connectivity index (χ4v) is 4.39. The van der Waals surface area contributed by atoms with Gasteiger partial charge in [0.1, 0.15) is 40.2 Å². The minimum absolute atomic E-state index is 0.0619. The maximum atomic E-state index is 12.7. The molecule has 0 aliphatic carbocycles. The maximum Gasteiger partial charge on any atom is 0.348 e. The van der Waals surface area contributed by atoms with Gasteiger partial charge in [-0.1, -0.05) is 0 Å². The van der Waals surface area contributed by atoms with E-state index >= 15 is 0 Å². The summed E-state index contributed by atoms with van der Waals surface area (Å²) in [4.78, 5) is 30.8. The number of ether oxygens (including phenoxy) is 3. The lowest BCUT2D eigenvalue weighted by Crippen LogP contribution is -2.20. The number of carbonyl (C=O) groups is 1. The van der Waals surface area contributed by atoms with Crippen LogP contribution in [0.1, 0.15) is 27.5 Å². The van der Waals surface area contributed by atoms with Gasteiger partial charge in [-0.05, 0) is 43.2 Å². The van der Waals surface area contributed by atoms with Crippen molar-refractivity contribution in [1.29, 1.82) is 0 Å². The summed E-state index contributed by atoms with van der Waals surface area (Å²) in [6, 6.07) is 7.17. The van der Waals surface area contributed by atoms with Crippen LogP contribution in [-0.2, 0) is 17.7 Å². The van der Waals surface area contributed by atoms with Crippen molar-refractivity contribution >= 4 is 27.5 Å². The number of benzene rings is 1. The molecule has 28 heavy (non-hydrogen) atoms. The highest BCUT2D eigenvalue weighted by Gasteiger charge is 2.23. The van der Waals surface area contributed by atoms with Crippen molar-refractivity contribution in [2.24, 2.45) is 0 Å². The van der Waals surface area contributed by atoms with E-state index in [0.29, 0.717) is 33.0 Å². The van der Waals surface area contributed by atoms with Gasteiger partial charge in [-0.3, -0.25) is 9.36 Å². The van der Waals surface area contributed by atoms with E-state index in [1.54, 1.807) is 42.9 Å². The highest BCUT2D eigenvalue weighted by Crippen LogP contribution is 2.29. The molecule has 1 aliphatic rings. The van der Waals surface area contributed by atoms with Crippen LogP contribution in [0.4, 0.5) is 0 Å². The average molecular weight is 400 g/mol. The number of hydrogen-bond donors (Lipinski definition) is 0. The molecule has 0 radical (unpaired) electrons. The van der Waals surface area contributed by atoms with Crippen molar-refractivity contribution in [3.05, 3.63) is 50.9 Å². The van der Waals surface area contributed by atoms with Crippen LogP contribution < -0.4 is 15.0 Å². The summed E-state index contributed by atoms with van der Waals surface area (Å²) in [7, 11) is 1.60. The van der Waals surface area contributed by atoms with E-state index in [4.69, 9.17) is 14.2 Å². The molecule has 1 aromatic carbocycles. The van der Waals surface area contributed by atoms with Gasteiger partial charge in [-0.25, -0.2) is 9.78 Å². The quantitative estimate of drug-likeness (QED) is 0.468. The number of nitrogens with zero attached hydrogens (tertiary/aromatic N) is 2. The van der Waals surface area contributed by atoms with Crippen LogP contribution in [0.25, 0.3) is 10.2 Å². The summed E-state index contributed by atoms with van der Waals surface area (Å²) in [6.45, 7) is 2.81. The molecule has 3 heterocycles. The van der Waals surface area contributed by atoms with E-state index < -0.39 is 5.97 Å². The van der Waals surface area contributed by atoms with Crippen LogP contribution in [0, 0.1) is 6.92 Å². The van der Waals surface area contributed by atoms with E-state index in [9.17, 15) is 9.59 Å². The van der Waals surface area contributed by atoms with Gasteiger partial charge >= 0.3 is 5.97 Å². The topological polar surface area (TPSA) is 79.7 Å². The van der Waals surface area contributed by atoms with E-state index in [-0.39, 0.29) is 18.8 Å². The van der Waals surface area contributed by atoms with Gasteiger partial charge in [-0.15, -0.1) is 11.3 Å². The van der Waals surface area contributed by atoms with Crippen molar-refractivity contribution in [3.8, 4) is 11.5 Å². The Balaban J connectivity index is 1.42. The molecule has 0 bridgehead atoms. The molecule has 0 saturated heterocycles. The first-order valence-corrected chi connectivity index (χ1v) is 9.87. The van der Waals surface area contributed by atoms with Gasteiger partial charge in [0.05, 0.1) is 12.5 Å². The lowest BCUT2D eigenvalue weighted by molar-refractivity contribution is 0.0455. The molecule has 8 heteroatoms. The zero-order valence-electron chi connectivity index (χ0n) is 15.7. The van der Waals surface area contributed by atoms with Crippen molar-refractivity contribution in [2.75, 3.05) is 20.3 Å². The zero-order chi connectivity index (χ0) is 19.7. The molecular formula is C20H20N2O5S. The first kappa shape index (κ1) is 18.5. The summed E-state index contributed by atoms with van der Waals surface area (Å²) in [5.41, 5.74) is 0.578. The van der Waals surface area contributed by atoms with Crippen molar-refractivity contribution in [3.63, 3.8) is 0 Å². The van der Waals surface area contributed by atoms with Crippen LogP contribution in [0.3, 0.4) is 0 Å². The second-order valence-electron chi connectivity index (χ2n) is 6.48. The average Bonchev–Trinajstić information content (AvgIpc) is 3.30. The normalized spacial score (nSPS) is 12.8. The number of methoxy groups -OCH3 is 1. The number of rotatable bonds is 6. The van der Waals surface area contributed by atoms with E-state index in [0.717, 1.165) is 24.4 Å². The zero-order valence-corrected chi connectivity index (χ0v) is 16.5. The van der Waals surface area contributed by atoms with Crippen LogP contribution in [0.5, 0.6) is 11.5 Å². The third-order valence-corrected chi connectivity index (χ3v) is 5.91. The monoisotopic (exact) mass is 400 g/mol. The molecule has 3 aromatic rings. The molecule has 2 aromatic heterocycles. The van der Waals surface area contributed by atoms with Gasteiger partial charge in [-0.2, -0.15) is 0 Å². The summed E-state index contributed by atoms with van der Waals surface area (Å²) < 4.78 is 17.7. The molecule has 0 saturated carbocycles. The Labute approximate surface area is 165 Å². The van der Waals surface area contributed by atoms with Gasteiger partial charge in [0.15, 0.2) is 0 Å². The number of hydrogen-bond acceptors (Lipinski definition) is 7. The molecule has 0 spiro atoms. The second-order valence-corrected chi connectivity index (χ2v) is 7.48. The van der Waals surface area contributed by atoms with Gasteiger partial charge in [0, 0.05) is 13.0 Å². The minimum Gasteiger partial charge on any atom is -0.497 e. The first-order valence-electron chi connectivity index (χ1n) is 9.05. The lowest BCUT2D eigenvalue weighted by Gasteiger charge is -2.08. The Morgan fingerprint density at radius 2 is 1.96 bits per heavy atom. The Kier molecular flexibility index (Phi) is 5.04. The maximum absolute atomic E-state index is 12.7. The van der Waals surface area contributed by atoms with Gasteiger partial charge < -0.3 is 14.2 Å². The fraction of sp³-hybridized carbons (Fsp3) is 0.350. The molecule has 0 N–H and O–H groups in total. The number of thiophene rings is 1. The number of aryl methyl sites for hydroxylation is 2. The SMILES string of the molecule is COc1ccc(OCCOC(=O)c2sc3nc4n(c(=O)c3c2C)CCC4)cc1. The Bertz CT molecular complexity index is 1080.